The largest absolute Gasteiger partial charge is 0.375 e. The number of halogens is 1. The molecule has 3 heteroatoms. The van der Waals surface area contributed by atoms with Crippen molar-refractivity contribution in [3.8, 4) is 0 Å². The Morgan fingerprint density at radius 1 is 0.938 bits per heavy atom. The number of anilines is 1. The van der Waals surface area contributed by atoms with Crippen molar-refractivity contribution in [2.24, 2.45) is 0 Å². The molecular formula is C13H13ClNP. The summed E-state index contributed by atoms with van der Waals surface area (Å²) in [6, 6.07) is 18.0. The molecule has 0 aliphatic rings. The van der Waals surface area contributed by atoms with Gasteiger partial charge < -0.3 is 5.32 Å². The van der Waals surface area contributed by atoms with E-state index < -0.39 is 0 Å². The maximum atomic E-state index is 5.83. The van der Waals surface area contributed by atoms with Crippen molar-refractivity contribution in [1.82, 2.24) is 0 Å². The highest BCUT2D eigenvalue weighted by Gasteiger charge is 2.03. The summed E-state index contributed by atoms with van der Waals surface area (Å²) in [5.41, 5.74) is 2.30. The van der Waals surface area contributed by atoms with Crippen molar-refractivity contribution in [2.75, 3.05) is 5.32 Å². The number of hydrogen-bond acceptors (Lipinski definition) is 1. The van der Waals surface area contributed by atoms with E-state index in [1.54, 1.807) is 0 Å². The molecule has 0 amide bonds. The summed E-state index contributed by atoms with van der Waals surface area (Å²) in [5, 5.41) is 4.14. The lowest BCUT2D eigenvalue weighted by molar-refractivity contribution is 1.11. The monoisotopic (exact) mass is 249 g/mol. The van der Waals surface area contributed by atoms with Gasteiger partial charge in [-0.2, -0.15) is 0 Å². The third-order valence-corrected chi connectivity index (χ3v) is 3.13. The lowest BCUT2D eigenvalue weighted by atomic mass is 10.2. The molecule has 2 unspecified atom stereocenters. The van der Waals surface area contributed by atoms with E-state index in [4.69, 9.17) is 11.6 Å². The van der Waals surface area contributed by atoms with Crippen LogP contribution in [0.1, 0.15) is 11.3 Å². The Morgan fingerprint density at radius 3 is 2.19 bits per heavy atom. The molecule has 0 saturated heterocycles. The maximum absolute atomic E-state index is 5.83. The van der Waals surface area contributed by atoms with E-state index in [-0.39, 0.29) is 5.78 Å². The molecule has 1 nitrogen and oxygen atoms in total. The first-order chi connectivity index (χ1) is 7.75. The Kier molecular flexibility index (Phi) is 3.82. The molecule has 0 aromatic heterocycles. The lowest BCUT2D eigenvalue weighted by Crippen LogP contribution is -2.02. The fourth-order valence-electron chi connectivity index (χ4n) is 1.47. The Bertz CT molecular complexity index is 441. The normalized spacial score (nSPS) is 12.1. The minimum atomic E-state index is 0.211. The van der Waals surface area contributed by atoms with Crippen molar-refractivity contribution in [1.29, 1.82) is 0 Å². The van der Waals surface area contributed by atoms with E-state index >= 15 is 0 Å². The fourth-order valence-corrected chi connectivity index (χ4v) is 2.01. The van der Waals surface area contributed by atoms with Gasteiger partial charge in [0.15, 0.2) is 0 Å². The molecule has 2 aromatic rings. The van der Waals surface area contributed by atoms with Crippen LogP contribution in [-0.2, 0) is 0 Å². The topological polar surface area (TPSA) is 12.0 Å². The van der Waals surface area contributed by atoms with Gasteiger partial charge in [0.1, 0.15) is 0 Å². The highest BCUT2D eigenvalue weighted by atomic mass is 35.5. The molecule has 0 bridgehead atoms. The molecule has 1 N–H and O–H groups in total. The molecule has 0 heterocycles. The van der Waals surface area contributed by atoms with Gasteiger partial charge in [-0.15, -0.1) is 9.24 Å². The summed E-state index contributed by atoms with van der Waals surface area (Å²) < 4.78 is 0. The average molecular weight is 250 g/mol. The van der Waals surface area contributed by atoms with Crippen LogP contribution in [0.5, 0.6) is 0 Å². The standard InChI is InChI=1S/C13H13ClNP/c14-11-6-8-12(9-7-11)15-13(16)10-4-2-1-3-5-10/h1-9,13,15H,16H2. The summed E-state index contributed by atoms with van der Waals surface area (Å²) in [5.74, 6) is 0.211. The summed E-state index contributed by atoms with van der Waals surface area (Å²) >= 11 is 5.83. The third-order valence-electron chi connectivity index (χ3n) is 2.33. The SMILES string of the molecule is PC(Nc1ccc(Cl)cc1)c1ccccc1. The van der Waals surface area contributed by atoms with E-state index in [0.29, 0.717) is 0 Å². The molecule has 0 saturated carbocycles. The first-order valence-corrected chi connectivity index (χ1v) is 6.13. The molecular weight excluding hydrogens is 237 g/mol. The van der Waals surface area contributed by atoms with Crippen molar-refractivity contribution >= 4 is 26.5 Å². The molecule has 2 atom stereocenters. The summed E-state index contributed by atoms with van der Waals surface area (Å²) in [6.07, 6.45) is 0. The summed E-state index contributed by atoms with van der Waals surface area (Å²) in [7, 11) is 2.79. The maximum Gasteiger partial charge on any atom is 0.0652 e. The molecule has 0 spiro atoms. The molecule has 2 rings (SSSR count). The van der Waals surface area contributed by atoms with Crippen LogP contribution in [-0.4, -0.2) is 0 Å². The van der Waals surface area contributed by atoms with Gasteiger partial charge in [-0.05, 0) is 29.8 Å². The van der Waals surface area contributed by atoms with Crippen molar-refractivity contribution in [2.45, 2.75) is 5.78 Å². The predicted octanol–water partition coefficient (Wildman–Crippen LogP) is 4.33. The Morgan fingerprint density at radius 2 is 1.56 bits per heavy atom. The fraction of sp³-hybridized carbons (Fsp3) is 0.0769. The second kappa shape index (κ2) is 5.34. The zero-order valence-corrected chi connectivity index (χ0v) is 10.6. The molecule has 0 aliphatic heterocycles. The van der Waals surface area contributed by atoms with Crippen LogP contribution in [0.15, 0.2) is 54.6 Å². The van der Waals surface area contributed by atoms with Crippen molar-refractivity contribution < 1.29 is 0 Å². The molecule has 0 radical (unpaired) electrons. The smallest absolute Gasteiger partial charge is 0.0652 e. The average Bonchev–Trinajstić information content (AvgIpc) is 2.33. The lowest BCUT2D eigenvalue weighted by Gasteiger charge is -2.15. The molecule has 82 valence electrons. The van der Waals surface area contributed by atoms with Gasteiger partial charge in [0.2, 0.25) is 0 Å². The molecule has 2 aromatic carbocycles. The Balaban J connectivity index is 2.08. The quantitative estimate of drug-likeness (QED) is 0.799. The van der Waals surface area contributed by atoms with Crippen LogP contribution in [0.2, 0.25) is 5.02 Å². The van der Waals surface area contributed by atoms with E-state index in [9.17, 15) is 0 Å². The molecule has 0 fully saturated rings. The summed E-state index contributed by atoms with van der Waals surface area (Å²) in [6.45, 7) is 0. The minimum absolute atomic E-state index is 0.211. The second-order valence-corrected chi connectivity index (χ2v) is 4.64. The van der Waals surface area contributed by atoms with Crippen LogP contribution < -0.4 is 5.32 Å². The highest BCUT2D eigenvalue weighted by Crippen LogP contribution is 2.25. The van der Waals surface area contributed by atoms with E-state index in [0.717, 1.165) is 10.7 Å². The summed E-state index contributed by atoms with van der Waals surface area (Å²) in [4.78, 5) is 0. The van der Waals surface area contributed by atoms with E-state index in [1.165, 1.54) is 5.56 Å². The third kappa shape index (κ3) is 2.98. The van der Waals surface area contributed by atoms with Gasteiger partial charge in [-0.25, -0.2) is 0 Å². The highest BCUT2D eigenvalue weighted by molar-refractivity contribution is 7.17. The number of rotatable bonds is 3. The van der Waals surface area contributed by atoms with Crippen LogP contribution in [0.4, 0.5) is 5.69 Å². The van der Waals surface area contributed by atoms with Gasteiger partial charge in [0.05, 0.1) is 5.78 Å². The van der Waals surface area contributed by atoms with Gasteiger partial charge in [0.25, 0.3) is 0 Å². The van der Waals surface area contributed by atoms with Crippen LogP contribution in [0, 0.1) is 0 Å². The van der Waals surface area contributed by atoms with Crippen LogP contribution in [0.3, 0.4) is 0 Å². The zero-order valence-electron chi connectivity index (χ0n) is 8.73. The number of hydrogen-bond donors (Lipinski definition) is 1. The van der Waals surface area contributed by atoms with Crippen molar-refractivity contribution in [3.05, 3.63) is 65.2 Å². The molecule has 16 heavy (non-hydrogen) atoms. The first kappa shape index (κ1) is 11.4. The van der Waals surface area contributed by atoms with Crippen LogP contribution in [0.25, 0.3) is 0 Å². The molecule has 0 aliphatic carbocycles. The number of benzene rings is 2. The zero-order chi connectivity index (χ0) is 11.4. The van der Waals surface area contributed by atoms with Gasteiger partial charge in [-0.3, -0.25) is 0 Å². The minimum Gasteiger partial charge on any atom is -0.375 e. The van der Waals surface area contributed by atoms with Crippen molar-refractivity contribution in [3.63, 3.8) is 0 Å². The Hall–Kier alpha value is -1.04. The van der Waals surface area contributed by atoms with Gasteiger partial charge >= 0.3 is 0 Å². The van der Waals surface area contributed by atoms with E-state index in [2.05, 4.69) is 26.7 Å². The predicted molar refractivity (Wildman–Crippen MR) is 74.0 cm³/mol. The van der Waals surface area contributed by atoms with E-state index in [1.807, 2.05) is 42.5 Å². The van der Waals surface area contributed by atoms with Crippen LogP contribution >= 0.6 is 20.8 Å². The number of nitrogens with one attached hydrogen (secondary N) is 1. The second-order valence-electron chi connectivity index (χ2n) is 3.54. The van der Waals surface area contributed by atoms with Gasteiger partial charge in [0, 0.05) is 10.7 Å². The van der Waals surface area contributed by atoms with Gasteiger partial charge in [-0.1, -0.05) is 41.9 Å². The first-order valence-electron chi connectivity index (χ1n) is 5.08. The Labute approximate surface area is 103 Å².